The molecule has 2 aromatic heterocycles. The van der Waals surface area contributed by atoms with Gasteiger partial charge in [0.2, 0.25) is 0 Å². The molecule has 0 bridgehead atoms. The molecule has 0 aliphatic heterocycles. The normalized spacial score (nSPS) is 13.0. The number of aryl methyl sites for hydroxylation is 2. The van der Waals surface area contributed by atoms with Crippen LogP contribution in [0.5, 0.6) is 0 Å². The monoisotopic (exact) mass is 327 g/mol. The standard InChI is InChI=1S/C15H22ClN3OS/c1-4-12(10-20)19(8-13-6-5-7-21-13)9-14-11(2)17-18(3)15(14)16/h5-7,12,20H,4,8-10H2,1-3H3. The molecule has 0 saturated carbocycles. The van der Waals surface area contributed by atoms with Gasteiger partial charge in [0.1, 0.15) is 5.15 Å². The summed E-state index contributed by atoms with van der Waals surface area (Å²) in [4.78, 5) is 3.57. The first-order valence-electron chi connectivity index (χ1n) is 7.12. The minimum absolute atomic E-state index is 0.128. The van der Waals surface area contributed by atoms with Crippen molar-refractivity contribution in [2.75, 3.05) is 6.61 Å². The molecule has 1 N–H and O–H groups in total. The van der Waals surface area contributed by atoms with E-state index in [2.05, 4.69) is 34.4 Å². The summed E-state index contributed by atoms with van der Waals surface area (Å²) in [7, 11) is 1.85. The van der Waals surface area contributed by atoms with Gasteiger partial charge < -0.3 is 5.11 Å². The van der Waals surface area contributed by atoms with Crippen LogP contribution in [0.3, 0.4) is 0 Å². The van der Waals surface area contributed by atoms with Gasteiger partial charge in [-0.3, -0.25) is 9.58 Å². The fourth-order valence-electron chi connectivity index (χ4n) is 2.48. The second kappa shape index (κ2) is 7.40. The van der Waals surface area contributed by atoms with Crippen LogP contribution < -0.4 is 0 Å². The summed E-state index contributed by atoms with van der Waals surface area (Å²) in [5, 5.41) is 16.8. The number of nitrogens with zero attached hydrogens (tertiary/aromatic N) is 3. The summed E-state index contributed by atoms with van der Waals surface area (Å²) in [5.74, 6) is 0. The molecular weight excluding hydrogens is 306 g/mol. The van der Waals surface area contributed by atoms with Crippen LogP contribution in [-0.2, 0) is 20.1 Å². The molecule has 0 radical (unpaired) electrons. The largest absolute Gasteiger partial charge is 0.395 e. The van der Waals surface area contributed by atoms with Crippen LogP contribution in [0.15, 0.2) is 17.5 Å². The Morgan fingerprint density at radius 3 is 2.71 bits per heavy atom. The van der Waals surface area contributed by atoms with Crippen molar-refractivity contribution in [1.29, 1.82) is 0 Å². The van der Waals surface area contributed by atoms with E-state index in [0.717, 1.165) is 24.2 Å². The van der Waals surface area contributed by atoms with Crippen LogP contribution in [0, 0.1) is 6.92 Å². The number of aliphatic hydroxyl groups is 1. The molecule has 6 heteroatoms. The second-order valence-electron chi connectivity index (χ2n) is 5.21. The maximum absolute atomic E-state index is 9.65. The molecule has 2 rings (SSSR count). The van der Waals surface area contributed by atoms with Crippen LogP contribution in [0.4, 0.5) is 0 Å². The number of rotatable bonds is 7. The molecule has 0 saturated heterocycles. The second-order valence-corrected chi connectivity index (χ2v) is 6.60. The van der Waals surface area contributed by atoms with Gasteiger partial charge in [-0.25, -0.2) is 0 Å². The highest BCUT2D eigenvalue weighted by Gasteiger charge is 2.21. The van der Waals surface area contributed by atoms with E-state index in [1.54, 1.807) is 16.0 Å². The lowest BCUT2D eigenvalue weighted by Crippen LogP contribution is -2.36. The Labute approximate surface area is 135 Å². The molecule has 21 heavy (non-hydrogen) atoms. The molecule has 0 aliphatic carbocycles. The van der Waals surface area contributed by atoms with E-state index in [0.29, 0.717) is 11.7 Å². The molecule has 0 aliphatic rings. The summed E-state index contributed by atoms with van der Waals surface area (Å²) in [6.45, 7) is 5.75. The van der Waals surface area contributed by atoms with Gasteiger partial charge in [-0.2, -0.15) is 5.10 Å². The van der Waals surface area contributed by atoms with Gasteiger partial charge in [0.05, 0.1) is 12.3 Å². The van der Waals surface area contributed by atoms with Crippen molar-refractivity contribution in [2.24, 2.45) is 7.05 Å². The molecule has 1 unspecified atom stereocenters. The van der Waals surface area contributed by atoms with E-state index in [1.165, 1.54) is 4.88 Å². The minimum Gasteiger partial charge on any atom is -0.395 e. The Balaban J connectivity index is 2.22. The summed E-state index contributed by atoms with van der Waals surface area (Å²) in [5.41, 5.74) is 1.99. The summed E-state index contributed by atoms with van der Waals surface area (Å²) in [6.07, 6.45) is 0.902. The van der Waals surface area contributed by atoms with Crippen molar-refractivity contribution in [2.45, 2.75) is 39.4 Å². The highest BCUT2D eigenvalue weighted by molar-refractivity contribution is 7.09. The topological polar surface area (TPSA) is 41.3 Å². The van der Waals surface area contributed by atoms with Crippen molar-refractivity contribution in [3.8, 4) is 0 Å². The van der Waals surface area contributed by atoms with E-state index >= 15 is 0 Å². The lowest BCUT2D eigenvalue weighted by atomic mass is 10.1. The molecule has 0 aromatic carbocycles. The van der Waals surface area contributed by atoms with Gasteiger partial charge in [-0.15, -0.1) is 11.3 Å². The Morgan fingerprint density at radius 2 is 2.24 bits per heavy atom. The molecule has 4 nitrogen and oxygen atoms in total. The van der Waals surface area contributed by atoms with Crippen molar-refractivity contribution in [1.82, 2.24) is 14.7 Å². The molecule has 0 fully saturated rings. The molecule has 1 atom stereocenters. The third-order valence-electron chi connectivity index (χ3n) is 3.77. The summed E-state index contributed by atoms with van der Waals surface area (Å²) in [6, 6.07) is 4.31. The van der Waals surface area contributed by atoms with Crippen molar-refractivity contribution >= 4 is 22.9 Å². The van der Waals surface area contributed by atoms with E-state index in [4.69, 9.17) is 11.6 Å². The maximum Gasteiger partial charge on any atom is 0.131 e. The Kier molecular flexibility index (Phi) is 5.81. The number of halogens is 1. The number of aliphatic hydroxyl groups excluding tert-OH is 1. The molecule has 2 heterocycles. The van der Waals surface area contributed by atoms with Gasteiger partial charge in [0.25, 0.3) is 0 Å². The summed E-state index contributed by atoms with van der Waals surface area (Å²) < 4.78 is 1.70. The fourth-order valence-corrected chi connectivity index (χ4v) is 3.44. The highest BCUT2D eigenvalue weighted by atomic mass is 35.5. The first kappa shape index (κ1) is 16.5. The van der Waals surface area contributed by atoms with E-state index in [9.17, 15) is 5.11 Å². The zero-order chi connectivity index (χ0) is 15.4. The number of aromatic nitrogens is 2. The average molecular weight is 328 g/mol. The predicted octanol–water partition coefficient (Wildman–Crippen LogP) is 3.22. The van der Waals surface area contributed by atoms with Crippen LogP contribution in [0.25, 0.3) is 0 Å². The van der Waals surface area contributed by atoms with Gasteiger partial charge in [-0.05, 0) is 24.8 Å². The molecule has 0 spiro atoms. The van der Waals surface area contributed by atoms with Gasteiger partial charge in [0.15, 0.2) is 0 Å². The fraction of sp³-hybridized carbons (Fsp3) is 0.533. The molecular formula is C15H22ClN3OS. The quantitative estimate of drug-likeness (QED) is 0.849. The van der Waals surface area contributed by atoms with Crippen LogP contribution in [0.1, 0.15) is 29.5 Å². The maximum atomic E-state index is 9.65. The van der Waals surface area contributed by atoms with E-state index in [-0.39, 0.29) is 12.6 Å². The number of hydrogen-bond donors (Lipinski definition) is 1. The van der Waals surface area contributed by atoms with Crippen molar-refractivity contribution in [3.05, 3.63) is 38.8 Å². The average Bonchev–Trinajstić information content (AvgIpc) is 3.04. The first-order valence-corrected chi connectivity index (χ1v) is 8.37. The van der Waals surface area contributed by atoms with Gasteiger partial charge >= 0.3 is 0 Å². The zero-order valence-electron chi connectivity index (χ0n) is 12.7. The summed E-state index contributed by atoms with van der Waals surface area (Å²) >= 11 is 8.08. The lowest BCUT2D eigenvalue weighted by molar-refractivity contribution is 0.107. The first-order chi connectivity index (χ1) is 10.1. The Hall–Kier alpha value is -0.880. The van der Waals surface area contributed by atoms with E-state index < -0.39 is 0 Å². The predicted molar refractivity (Wildman–Crippen MR) is 87.7 cm³/mol. The zero-order valence-corrected chi connectivity index (χ0v) is 14.3. The highest BCUT2D eigenvalue weighted by Crippen LogP contribution is 2.24. The Bertz CT molecular complexity index is 564. The van der Waals surface area contributed by atoms with Crippen molar-refractivity contribution in [3.63, 3.8) is 0 Å². The van der Waals surface area contributed by atoms with Crippen LogP contribution >= 0.6 is 22.9 Å². The number of thiophene rings is 1. The third-order valence-corrected chi connectivity index (χ3v) is 5.10. The van der Waals surface area contributed by atoms with Crippen LogP contribution in [0.2, 0.25) is 5.15 Å². The SMILES string of the molecule is CCC(CO)N(Cc1cccs1)Cc1c(C)nn(C)c1Cl. The molecule has 116 valence electrons. The molecule has 0 amide bonds. The minimum atomic E-state index is 0.128. The smallest absolute Gasteiger partial charge is 0.131 e. The van der Waals surface area contributed by atoms with Crippen molar-refractivity contribution < 1.29 is 5.11 Å². The van der Waals surface area contributed by atoms with Gasteiger partial charge in [-0.1, -0.05) is 24.6 Å². The van der Waals surface area contributed by atoms with Crippen LogP contribution in [-0.4, -0.2) is 32.4 Å². The number of hydrogen-bond acceptors (Lipinski definition) is 4. The van der Waals surface area contributed by atoms with E-state index in [1.807, 2.05) is 14.0 Å². The third kappa shape index (κ3) is 3.86. The molecule has 2 aromatic rings. The lowest BCUT2D eigenvalue weighted by Gasteiger charge is -2.29. The van der Waals surface area contributed by atoms with Gasteiger partial charge in [0, 0.05) is 36.6 Å². The Morgan fingerprint density at radius 1 is 1.48 bits per heavy atom.